The Morgan fingerprint density at radius 1 is 1.09 bits per heavy atom. The summed E-state index contributed by atoms with van der Waals surface area (Å²) in [5.41, 5.74) is 3.19. The van der Waals surface area contributed by atoms with Crippen molar-refractivity contribution in [1.29, 1.82) is 0 Å². The molecule has 0 saturated carbocycles. The summed E-state index contributed by atoms with van der Waals surface area (Å²) in [5, 5.41) is 12.2. The molecule has 1 fully saturated rings. The van der Waals surface area contributed by atoms with Gasteiger partial charge in [-0.15, -0.1) is 0 Å². The first kappa shape index (κ1) is 21.2. The van der Waals surface area contributed by atoms with E-state index in [-0.39, 0.29) is 17.4 Å². The van der Waals surface area contributed by atoms with Crippen molar-refractivity contribution in [3.8, 4) is 5.75 Å². The predicted octanol–water partition coefficient (Wildman–Crippen LogP) is 5.26. The lowest BCUT2D eigenvalue weighted by atomic mass is 9.94. The first-order valence-corrected chi connectivity index (χ1v) is 11.3. The van der Waals surface area contributed by atoms with Crippen LogP contribution in [0.4, 0.5) is 10.1 Å². The number of hydrogen-bond acceptors (Lipinski definition) is 4. The van der Waals surface area contributed by atoms with Crippen LogP contribution in [-0.2, 0) is 16.0 Å². The molecule has 0 spiro atoms. The maximum absolute atomic E-state index is 13.7. The number of rotatable bonds is 3. The fourth-order valence-corrected chi connectivity index (χ4v) is 5.04. The van der Waals surface area contributed by atoms with Crippen LogP contribution in [0.1, 0.15) is 29.7 Å². The van der Waals surface area contributed by atoms with Crippen molar-refractivity contribution in [3.05, 3.63) is 101 Å². The molecule has 6 rings (SSSR count). The average Bonchev–Trinajstić information content (AvgIpc) is 3.52. The van der Waals surface area contributed by atoms with E-state index in [4.69, 9.17) is 4.74 Å². The van der Waals surface area contributed by atoms with Gasteiger partial charge in [-0.2, -0.15) is 0 Å². The highest BCUT2D eigenvalue weighted by molar-refractivity contribution is 6.51. The summed E-state index contributed by atoms with van der Waals surface area (Å²) < 4.78 is 19.4. The third-order valence-corrected chi connectivity index (χ3v) is 6.63. The highest BCUT2D eigenvalue weighted by atomic mass is 19.1. The number of aliphatic hydroxyl groups excluding tert-OH is 1. The molecule has 3 aromatic carbocycles. The maximum Gasteiger partial charge on any atom is 0.300 e. The number of carbonyl (C=O) groups is 2. The van der Waals surface area contributed by atoms with E-state index in [2.05, 4.69) is 4.98 Å². The van der Waals surface area contributed by atoms with Crippen LogP contribution in [0.5, 0.6) is 5.75 Å². The number of amides is 1. The molecule has 2 unspecified atom stereocenters. The fraction of sp³-hybridized carbons (Fsp3) is 0.143. The number of ether oxygens (including phenoxy) is 1. The first-order valence-electron chi connectivity index (χ1n) is 11.3. The summed E-state index contributed by atoms with van der Waals surface area (Å²) in [6.07, 6.45) is 2.45. The van der Waals surface area contributed by atoms with E-state index in [1.165, 1.54) is 29.2 Å². The molecule has 2 N–H and O–H groups in total. The van der Waals surface area contributed by atoms with E-state index < -0.39 is 23.5 Å². The first-order chi connectivity index (χ1) is 16.9. The summed E-state index contributed by atoms with van der Waals surface area (Å²) in [4.78, 5) is 31.2. The fourth-order valence-electron chi connectivity index (χ4n) is 5.04. The normalized spacial score (nSPS) is 20.9. The Bertz CT molecular complexity index is 1540. The van der Waals surface area contributed by atoms with Gasteiger partial charge in [-0.05, 0) is 61.0 Å². The van der Waals surface area contributed by atoms with Crippen molar-refractivity contribution >= 4 is 34.0 Å². The lowest BCUT2D eigenvalue weighted by molar-refractivity contribution is -0.132. The zero-order valence-electron chi connectivity index (χ0n) is 18.8. The minimum atomic E-state index is -0.903. The molecule has 1 amide bonds. The number of Topliss-reactive ketones (excluding diaryl/α,β-unsaturated/α-hetero) is 1. The number of hydrogen-bond donors (Lipinski definition) is 2. The predicted molar refractivity (Wildman–Crippen MR) is 130 cm³/mol. The molecule has 0 bridgehead atoms. The summed E-state index contributed by atoms with van der Waals surface area (Å²) in [6, 6.07) is 17.3. The van der Waals surface area contributed by atoms with Gasteiger partial charge >= 0.3 is 0 Å². The highest BCUT2D eigenvalue weighted by Gasteiger charge is 2.47. The van der Waals surface area contributed by atoms with Crippen LogP contribution in [0.2, 0.25) is 0 Å². The van der Waals surface area contributed by atoms with Gasteiger partial charge < -0.3 is 14.8 Å². The third-order valence-electron chi connectivity index (χ3n) is 6.63. The highest BCUT2D eigenvalue weighted by Crippen LogP contribution is 2.44. The van der Waals surface area contributed by atoms with Crippen LogP contribution >= 0.6 is 0 Å². The molecule has 7 heteroatoms. The number of nitrogens with one attached hydrogen (secondary N) is 1. The van der Waals surface area contributed by atoms with Crippen molar-refractivity contribution < 1.29 is 23.8 Å². The van der Waals surface area contributed by atoms with E-state index in [1.54, 1.807) is 24.4 Å². The third kappa shape index (κ3) is 3.31. The van der Waals surface area contributed by atoms with Crippen molar-refractivity contribution in [2.75, 3.05) is 4.90 Å². The number of carbonyl (C=O) groups excluding carboxylic acids is 2. The van der Waals surface area contributed by atoms with Gasteiger partial charge in [-0.1, -0.05) is 18.2 Å². The second kappa shape index (κ2) is 7.84. The quantitative estimate of drug-likeness (QED) is 0.244. The van der Waals surface area contributed by atoms with Crippen LogP contribution in [-0.4, -0.2) is 27.9 Å². The molecule has 2 atom stereocenters. The van der Waals surface area contributed by atoms with E-state index in [9.17, 15) is 19.1 Å². The topological polar surface area (TPSA) is 82.6 Å². The zero-order chi connectivity index (χ0) is 24.3. The molecule has 35 heavy (non-hydrogen) atoms. The Labute approximate surface area is 200 Å². The van der Waals surface area contributed by atoms with Crippen molar-refractivity contribution in [3.63, 3.8) is 0 Å². The SMILES string of the molecule is CC1Cc2cc(/C(O)=C3\C(=O)C(=O)N(c4ccc(F)cc4)C3c3c[nH]c4ccccc34)ccc2O1. The standard InChI is InChI=1S/C28H21FN2O4/c1-15-12-17-13-16(6-11-23(17)35-15)26(32)24-25(21-14-30-22-5-3-2-4-20(21)22)31(28(34)27(24)33)19-9-7-18(29)8-10-19/h2-11,13-15,25,30,32H,12H2,1H3/b26-24+. The van der Waals surface area contributed by atoms with Crippen LogP contribution in [0.15, 0.2) is 78.5 Å². The molecular weight excluding hydrogens is 447 g/mol. The van der Waals surface area contributed by atoms with Gasteiger partial charge in [0.2, 0.25) is 0 Å². The molecule has 6 nitrogen and oxygen atoms in total. The molecule has 4 aromatic rings. The average molecular weight is 468 g/mol. The van der Waals surface area contributed by atoms with Gasteiger partial charge in [0.1, 0.15) is 23.4 Å². The Hall–Kier alpha value is -4.39. The van der Waals surface area contributed by atoms with Crippen LogP contribution < -0.4 is 9.64 Å². The van der Waals surface area contributed by atoms with Gasteiger partial charge in [-0.25, -0.2) is 4.39 Å². The zero-order valence-corrected chi connectivity index (χ0v) is 18.8. The largest absolute Gasteiger partial charge is 0.507 e. The molecule has 174 valence electrons. The number of ketones is 1. The smallest absolute Gasteiger partial charge is 0.300 e. The minimum absolute atomic E-state index is 0.0176. The molecule has 0 aliphatic carbocycles. The monoisotopic (exact) mass is 468 g/mol. The number of aromatic nitrogens is 1. The van der Waals surface area contributed by atoms with E-state index in [1.807, 2.05) is 31.2 Å². The number of H-pyrrole nitrogens is 1. The molecule has 1 saturated heterocycles. The van der Waals surface area contributed by atoms with Gasteiger partial charge in [0.05, 0.1) is 11.6 Å². The van der Waals surface area contributed by atoms with E-state index in [0.29, 0.717) is 23.2 Å². The molecule has 2 aliphatic heterocycles. The van der Waals surface area contributed by atoms with E-state index in [0.717, 1.165) is 22.2 Å². The van der Waals surface area contributed by atoms with Gasteiger partial charge in [-0.3, -0.25) is 14.5 Å². The number of benzene rings is 3. The number of nitrogens with zero attached hydrogens (tertiary/aromatic N) is 1. The summed E-state index contributed by atoms with van der Waals surface area (Å²) in [6.45, 7) is 1.96. The Morgan fingerprint density at radius 3 is 2.66 bits per heavy atom. The Kier molecular flexibility index (Phi) is 4.74. The van der Waals surface area contributed by atoms with Gasteiger partial charge in [0, 0.05) is 40.3 Å². The lowest BCUT2D eigenvalue weighted by Crippen LogP contribution is -2.29. The minimum Gasteiger partial charge on any atom is -0.507 e. The second-order valence-corrected chi connectivity index (χ2v) is 8.89. The Morgan fingerprint density at radius 2 is 1.86 bits per heavy atom. The van der Waals surface area contributed by atoms with Gasteiger partial charge in [0.15, 0.2) is 0 Å². The number of fused-ring (bicyclic) bond motifs is 2. The summed E-state index contributed by atoms with van der Waals surface area (Å²) in [7, 11) is 0. The number of anilines is 1. The Balaban J connectivity index is 1.57. The molecular formula is C28H21FN2O4. The molecule has 2 aliphatic rings. The molecule has 1 aromatic heterocycles. The van der Waals surface area contributed by atoms with Gasteiger partial charge in [0.25, 0.3) is 11.7 Å². The number of aliphatic hydroxyl groups is 1. The number of halogens is 1. The summed E-state index contributed by atoms with van der Waals surface area (Å²) in [5.74, 6) is -1.55. The molecule has 0 radical (unpaired) electrons. The summed E-state index contributed by atoms with van der Waals surface area (Å²) >= 11 is 0. The van der Waals surface area contributed by atoms with Crippen molar-refractivity contribution in [2.24, 2.45) is 0 Å². The maximum atomic E-state index is 13.7. The number of aromatic amines is 1. The van der Waals surface area contributed by atoms with E-state index >= 15 is 0 Å². The van der Waals surface area contributed by atoms with Crippen molar-refractivity contribution in [2.45, 2.75) is 25.5 Å². The van der Waals surface area contributed by atoms with Crippen LogP contribution in [0.25, 0.3) is 16.7 Å². The molecule has 3 heterocycles. The lowest BCUT2D eigenvalue weighted by Gasteiger charge is -2.25. The van der Waals surface area contributed by atoms with Crippen LogP contribution in [0.3, 0.4) is 0 Å². The number of para-hydroxylation sites is 1. The van der Waals surface area contributed by atoms with Crippen LogP contribution in [0, 0.1) is 5.82 Å². The second-order valence-electron chi connectivity index (χ2n) is 8.89. The van der Waals surface area contributed by atoms with Crippen molar-refractivity contribution in [1.82, 2.24) is 4.98 Å².